The Bertz CT molecular complexity index is 347. The van der Waals surface area contributed by atoms with E-state index in [1.54, 1.807) is 32.0 Å². The summed E-state index contributed by atoms with van der Waals surface area (Å²) in [5.41, 5.74) is 0. The smallest absolute Gasteiger partial charge is 0.178 e. The lowest BCUT2D eigenvalue weighted by molar-refractivity contribution is -0.0764. The molecular weight excluding hydrogens is 243 g/mol. The van der Waals surface area contributed by atoms with E-state index in [1.165, 1.54) is 11.8 Å². The predicted octanol–water partition coefficient (Wildman–Crippen LogP) is 2.67. The Kier molecular flexibility index (Phi) is 6.32. The van der Waals surface area contributed by atoms with Crippen LogP contribution in [0.5, 0.6) is 5.75 Å². The standard InChI is InChI=1S/C12H17FO3S/c1-3-15-9-6-5-7-10(12(9)13)17-8-11(14)16-4-2/h5-7,11,14H,3-4,8H2,1-2H3. The zero-order valence-corrected chi connectivity index (χ0v) is 10.8. The Labute approximate surface area is 105 Å². The fourth-order valence-electron chi connectivity index (χ4n) is 1.27. The SMILES string of the molecule is CCOc1cccc(SCC(O)OCC)c1F. The number of benzene rings is 1. The monoisotopic (exact) mass is 260 g/mol. The number of thioether (sulfide) groups is 1. The van der Waals surface area contributed by atoms with Gasteiger partial charge in [0.15, 0.2) is 17.9 Å². The first-order valence-electron chi connectivity index (χ1n) is 5.52. The van der Waals surface area contributed by atoms with Crippen LogP contribution in [-0.2, 0) is 4.74 Å². The minimum atomic E-state index is -0.875. The highest BCUT2D eigenvalue weighted by Crippen LogP contribution is 2.28. The van der Waals surface area contributed by atoms with Crippen molar-refractivity contribution in [1.29, 1.82) is 0 Å². The van der Waals surface area contributed by atoms with Crippen molar-refractivity contribution in [1.82, 2.24) is 0 Å². The Morgan fingerprint density at radius 3 is 2.76 bits per heavy atom. The lowest BCUT2D eigenvalue weighted by atomic mass is 10.3. The highest BCUT2D eigenvalue weighted by atomic mass is 32.2. The van der Waals surface area contributed by atoms with Crippen LogP contribution in [0.3, 0.4) is 0 Å². The molecule has 1 aromatic rings. The van der Waals surface area contributed by atoms with Crippen LogP contribution in [0.1, 0.15) is 13.8 Å². The summed E-state index contributed by atoms with van der Waals surface area (Å²) < 4.78 is 23.9. The Hall–Kier alpha value is -0.780. The van der Waals surface area contributed by atoms with Gasteiger partial charge in [0.2, 0.25) is 0 Å². The van der Waals surface area contributed by atoms with Crippen LogP contribution in [0.4, 0.5) is 4.39 Å². The third kappa shape index (κ3) is 4.53. The first-order valence-corrected chi connectivity index (χ1v) is 6.51. The summed E-state index contributed by atoms with van der Waals surface area (Å²) in [6.45, 7) is 4.46. The second-order valence-electron chi connectivity index (χ2n) is 3.22. The maximum Gasteiger partial charge on any atom is 0.178 e. The molecule has 1 aromatic carbocycles. The molecule has 17 heavy (non-hydrogen) atoms. The normalized spacial score (nSPS) is 12.5. The van der Waals surface area contributed by atoms with Gasteiger partial charge in [-0.3, -0.25) is 0 Å². The van der Waals surface area contributed by atoms with Crippen molar-refractivity contribution in [2.75, 3.05) is 19.0 Å². The average Bonchev–Trinajstić information content (AvgIpc) is 2.31. The van der Waals surface area contributed by atoms with Crippen LogP contribution in [0, 0.1) is 5.82 Å². The molecule has 3 nitrogen and oxygen atoms in total. The van der Waals surface area contributed by atoms with Gasteiger partial charge in [-0.15, -0.1) is 11.8 Å². The molecule has 0 aromatic heterocycles. The molecule has 1 unspecified atom stereocenters. The molecule has 1 rings (SSSR count). The summed E-state index contributed by atoms with van der Waals surface area (Å²) in [6.07, 6.45) is -0.875. The molecule has 5 heteroatoms. The molecule has 0 radical (unpaired) electrons. The van der Waals surface area contributed by atoms with Crippen LogP contribution in [-0.4, -0.2) is 30.4 Å². The molecule has 0 spiro atoms. The van der Waals surface area contributed by atoms with Gasteiger partial charge in [-0.2, -0.15) is 0 Å². The summed E-state index contributed by atoms with van der Waals surface area (Å²) in [7, 11) is 0. The number of aliphatic hydroxyl groups excluding tert-OH is 1. The van der Waals surface area contributed by atoms with Crippen LogP contribution in [0.2, 0.25) is 0 Å². The van der Waals surface area contributed by atoms with Gasteiger partial charge < -0.3 is 14.6 Å². The van der Waals surface area contributed by atoms with E-state index >= 15 is 0 Å². The molecule has 0 heterocycles. The quantitative estimate of drug-likeness (QED) is 0.604. The van der Waals surface area contributed by atoms with Crippen LogP contribution >= 0.6 is 11.8 Å². The van der Waals surface area contributed by atoms with Gasteiger partial charge in [0.1, 0.15) is 0 Å². The van der Waals surface area contributed by atoms with Crippen molar-refractivity contribution in [3.8, 4) is 5.75 Å². The van der Waals surface area contributed by atoms with Crippen molar-refractivity contribution >= 4 is 11.8 Å². The number of ether oxygens (including phenoxy) is 2. The van der Waals surface area contributed by atoms with Gasteiger partial charge in [0, 0.05) is 17.3 Å². The fraction of sp³-hybridized carbons (Fsp3) is 0.500. The average molecular weight is 260 g/mol. The lowest BCUT2D eigenvalue weighted by Gasteiger charge is -2.11. The Balaban J connectivity index is 2.61. The second-order valence-corrected chi connectivity index (χ2v) is 4.28. The summed E-state index contributed by atoms with van der Waals surface area (Å²) in [6, 6.07) is 4.96. The van der Waals surface area contributed by atoms with E-state index in [9.17, 15) is 9.50 Å². The first kappa shape index (κ1) is 14.3. The summed E-state index contributed by atoms with van der Waals surface area (Å²) in [5, 5.41) is 9.38. The first-order chi connectivity index (χ1) is 8.19. The van der Waals surface area contributed by atoms with E-state index in [-0.39, 0.29) is 11.6 Å². The van der Waals surface area contributed by atoms with Gasteiger partial charge in [-0.05, 0) is 26.0 Å². The van der Waals surface area contributed by atoms with E-state index in [2.05, 4.69) is 0 Å². The van der Waals surface area contributed by atoms with Crippen LogP contribution in [0.25, 0.3) is 0 Å². The van der Waals surface area contributed by atoms with Gasteiger partial charge in [0.25, 0.3) is 0 Å². The van der Waals surface area contributed by atoms with E-state index in [1.807, 2.05) is 0 Å². The highest BCUT2D eigenvalue weighted by Gasteiger charge is 2.11. The molecule has 0 saturated carbocycles. The molecule has 0 aliphatic carbocycles. The molecule has 0 bridgehead atoms. The topological polar surface area (TPSA) is 38.7 Å². The molecule has 1 N–H and O–H groups in total. The summed E-state index contributed by atoms with van der Waals surface area (Å²) >= 11 is 1.21. The van der Waals surface area contributed by atoms with Crippen molar-refractivity contribution in [3.63, 3.8) is 0 Å². The summed E-state index contributed by atoms with van der Waals surface area (Å²) in [4.78, 5) is 0.453. The number of hydrogen-bond donors (Lipinski definition) is 1. The van der Waals surface area contributed by atoms with E-state index in [0.29, 0.717) is 23.9 Å². The van der Waals surface area contributed by atoms with E-state index in [0.717, 1.165) is 0 Å². The molecule has 1 atom stereocenters. The number of rotatable bonds is 7. The van der Waals surface area contributed by atoms with Crippen molar-refractivity contribution in [2.45, 2.75) is 25.0 Å². The maximum absolute atomic E-state index is 13.8. The Morgan fingerprint density at radius 1 is 1.35 bits per heavy atom. The molecule has 0 amide bonds. The number of hydrogen-bond acceptors (Lipinski definition) is 4. The van der Waals surface area contributed by atoms with Gasteiger partial charge in [-0.25, -0.2) is 4.39 Å². The minimum absolute atomic E-state index is 0.239. The maximum atomic E-state index is 13.8. The molecule has 0 saturated heterocycles. The Morgan fingerprint density at radius 2 is 2.12 bits per heavy atom. The second kappa shape index (κ2) is 7.53. The van der Waals surface area contributed by atoms with Crippen LogP contribution in [0.15, 0.2) is 23.1 Å². The van der Waals surface area contributed by atoms with Crippen molar-refractivity contribution in [2.24, 2.45) is 0 Å². The van der Waals surface area contributed by atoms with Crippen molar-refractivity contribution in [3.05, 3.63) is 24.0 Å². The molecule has 0 aliphatic rings. The minimum Gasteiger partial charge on any atom is -0.491 e. The molecular formula is C12H17FO3S. The van der Waals surface area contributed by atoms with Gasteiger partial charge >= 0.3 is 0 Å². The number of halogens is 1. The third-order valence-corrected chi connectivity index (χ3v) is 3.05. The van der Waals surface area contributed by atoms with E-state index in [4.69, 9.17) is 9.47 Å². The summed E-state index contributed by atoms with van der Waals surface area (Å²) in [5.74, 6) is 0.145. The molecule has 0 aliphatic heterocycles. The lowest BCUT2D eigenvalue weighted by Crippen LogP contribution is -2.14. The fourth-order valence-corrected chi connectivity index (χ4v) is 2.09. The predicted molar refractivity (Wildman–Crippen MR) is 65.9 cm³/mol. The van der Waals surface area contributed by atoms with Crippen molar-refractivity contribution < 1.29 is 19.0 Å². The highest BCUT2D eigenvalue weighted by molar-refractivity contribution is 7.99. The zero-order valence-electron chi connectivity index (χ0n) is 9.98. The third-order valence-electron chi connectivity index (χ3n) is 1.97. The zero-order chi connectivity index (χ0) is 12.7. The largest absolute Gasteiger partial charge is 0.491 e. The number of aliphatic hydroxyl groups is 1. The van der Waals surface area contributed by atoms with Gasteiger partial charge in [0.05, 0.1) is 6.61 Å². The van der Waals surface area contributed by atoms with Crippen LogP contribution < -0.4 is 4.74 Å². The molecule has 0 fully saturated rings. The molecule has 96 valence electrons. The van der Waals surface area contributed by atoms with E-state index < -0.39 is 6.29 Å². The van der Waals surface area contributed by atoms with Gasteiger partial charge in [-0.1, -0.05) is 6.07 Å².